The third kappa shape index (κ3) is 5.86. The second-order valence-electron chi connectivity index (χ2n) is 1.86. The van der Waals surface area contributed by atoms with Gasteiger partial charge >= 0.3 is 0 Å². The normalized spacial score (nSPS) is 13.2. The Morgan fingerprint density at radius 2 is 2.33 bits per heavy atom. The van der Waals surface area contributed by atoms with Crippen molar-refractivity contribution in [3.8, 4) is 0 Å². The first kappa shape index (κ1) is 8.98. The van der Waals surface area contributed by atoms with E-state index >= 15 is 0 Å². The topological polar surface area (TPSA) is 37.3 Å². The average molecular weight is 148 g/mol. The van der Waals surface area contributed by atoms with Crippen molar-refractivity contribution in [2.45, 2.75) is 26.4 Å². The maximum absolute atomic E-state index is 10.7. The first-order valence-corrected chi connectivity index (χ1v) is 3.99. The molecule has 0 heterocycles. The summed E-state index contributed by atoms with van der Waals surface area (Å²) in [7, 11) is 0. The number of hydrogen-bond donors (Lipinski definition) is 1. The summed E-state index contributed by atoms with van der Waals surface area (Å²) in [6.07, 6.45) is -0.213. The van der Waals surface area contributed by atoms with Gasteiger partial charge in [-0.1, -0.05) is 18.7 Å². The van der Waals surface area contributed by atoms with Crippen molar-refractivity contribution in [3.05, 3.63) is 0 Å². The highest BCUT2D eigenvalue weighted by Crippen LogP contribution is 2.05. The minimum absolute atomic E-state index is 0.0764. The van der Waals surface area contributed by atoms with Crippen LogP contribution in [0.3, 0.4) is 0 Å². The van der Waals surface area contributed by atoms with Crippen molar-refractivity contribution in [1.82, 2.24) is 0 Å². The monoisotopic (exact) mass is 148 g/mol. The molecule has 0 aromatic rings. The quantitative estimate of drug-likeness (QED) is 0.649. The van der Waals surface area contributed by atoms with Crippen LogP contribution in [0.25, 0.3) is 0 Å². The molecule has 0 aliphatic heterocycles. The molecule has 1 N–H and O–H groups in total. The van der Waals surface area contributed by atoms with Crippen LogP contribution in [0.4, 0.5) is 0 Å². The van der Waals surface area contributed by atoms with E-state index in [1.807, 2.05) is 6.92 Å². The van der Waals surface area contributed by atoms with E-state index in [-0.39, 0.29) is 11.5 Å². The number of aliphatic hydroxyl groups excluding tert-OH is 1. The highest BCUT2D eigenvalue weighted by atomic mass is 32.2. The zero-order valence-electron chi connectivity index (χ0n) is 5.76. The Balaban J connectivity index is 3.27. The average Bonchev–Trinajstić information content (AvgIpc) is 1.63. The molecule has 3 heteroatoms. The summed E-state index contributed by atoms with van der Waals surface area (Å²) in [5, 5.41) is 8.79. The molecule has 0 saturated heterocycles. The molecular weight excluding hydrogens is 136 g/mol. The molecule has 1 atom stereocenters. The van der Waals surface area contributed by atoms with Crippen LogP contribution >= 0.6 is 11.8 Å². The van der Waals surface area contributed by atoms with Crippen molar-refractivity contribution in [2.24, 2.45) is 0 Å². The number of thioether (sulfide) groups is 1. The summed E-state index contributed by atoms with van der Waals surface area (Å²) in [6.45, 7) is 3.54. The molecule has 0 bridgehead atoms. The summed E-state index contributed by atoms with van der Waals surface area (Å²) in [6, 6.07) is 0. The van der Waals surface area contributed by atoms with E-state index in [4.69, 9.17) is 5.11 Å². The molecule has 0 radical (unpaired) electrons. The van der Waals surface area contributed by atoms with Gasteiger partial charge in [-0.2, -0.15) is 0 Å². The highest BCUT2D eigenvalue weighted by molar-refractivity contribution is 8.13. The van der Waals surface area contributed by atoms with E-state index in [1.54, 1.807) is 6.92 Å². The molecule has 9 heavy (non-hydrogen) atoms. The third-order valence-corrected chi connectivity index (χ3v) is 1.54. The smallest absolute Gasteiger partial charge is 0.191 e. The number of carbonyl (C=O) groups excluding carboxylic acids is 1. The van der Waals surface area contributed by atoms with E-state index < -0.39 is 6.10 Å². The lowest BCUT2D eigenvalue weighted by Gasteiger charge is -1.99. The Kier molecular flexibility index (Phi) is 4.81. The van der Waals surface area contributed by atoms with Crippen molar-refractivity contribution < 1.29 is 9.90 Å². The molecule has 0 aromatic heterocycles. The fraction of sp³-hybridized carbons (Fsp3) is 0.833. The first-order chi connectivity index (χ1) is 4.16. The summed E-state index contributed by atoms with van der Waals surface area (Å²) >= 11 is 1.26. The fourth-order valence-electron chi connectivity index (χ4n) is 0.461. The van der Waals surface area contributed by atoms with Crippen LogP contribution in [0, 0.1) is 0 Å². The molecule has 0 aliphatic carbocycles. The summed E-state index contributed by atoms with van der Waals surface area (Å²) < 4.78 is 0. The third-order valence-electron chi connectivity index (χ3n) is 0.767. The van der Waals surface area contributed by atoms with Crippen LogP contribution in [0.2, 0.25) is 0 Å². The van der Waals surface area contributed by atoms with Crippen molar-refractivity contribution in [3.63, 3.8) is 0 Å². The minimum atomic E-state index is -0.489. The van der Waals surface area contributed by atoms with Crippen LogP contribution in [-0.4, -0.2) is 22.1 Å². The standard InChI is InChI=1S/C6H12O2S/c1-3-9-6(8)4-5(2)7/h5,7H,3-4H2,1-2H3/t5-/m1/s1. The van der Waals surface area contributed by atoms with Crippen LogP contribution in [0.15, 0.2) is 0 Å². The van der Waals surface area contributed by atoms with E-state index in [1.165, 1.54) is 11.8 Å². The van der Waals surface area contributed by atoms with E-state index in [9.17, 15) is 4.79 Å². The van der Waals surface area contributed by atoms with Gasteiger partial charge in [0.05, 0.1) is 6.10 Å². The first-order valence-electron chi connectivity index (χ1n) is 3.00. The van der Waals surface area contributed by atoms with Gasteiger partial charge < -0.3 is 5.11 Å². The van der Waals surface area contributed by atoms with Crippen molar-refractivity contribution in [2.75, 3.05) is 5.75 Å². The number of rotatable bonds is 3. The van der Waals surface area contributed by atoms with Gasteiger partial charge in [0.25, 0.3) is 0 Å². The molecule has 0 amide bonds. The van der Waals surface area contributed by atoms with Gasteiger partial charge in [0.2, 0.25) is 0 Å². The second-order valence-corrected chi connectivity index (χ2v) is 3.18. The van der Waals surface area contributed by atoms with Crippen molar-refractivity contribution >= 4 is 16.9 Å². The zero-order valence-corrected chi connectivity index (χ0v) is 6.57. The lowest BCUT2D eigenvalue weighted by Crippen LogP contribution is -2.05. The number of hydrogen-bond acceptors (Lipinski definition) is 3. The summed E-state index contributed by atoms with van der Waals surface area (Å²) in [4.78, 5) is 10.7. The predicted octanol–water partition coefficient (Wildman–Crippen LogP) is 1.04. The van der Waals surface area contributed by atoms with Crippen LogP contribution in [-0.2, 0) is 4.79 Å². The highest BCUT2D eigenvalue weighted by Gasteiger charge is 2.03. The molecule has 0 spiro atoms. The van der Waals surface area contributed by atoms with E-state index in [2.05, 4.69) is 0 Å². The van der Waals surface area contributed by atoms with Crippen LogP contribution in [0.1, 0.15) is 20.3 Å². The molecule has 0 aromatic carbocycles. The zero-order chi connectivity index (χ0) is 7.28. The lowest BCUT2D eigenvalue weighted by atomic mass is 10.3. The minimum Gasteiger partial charge on any atom is -0.393 e. The van der Waals surface area contributed by atoms with Gasteiger partial charge in [-0.3, -0.25) is 4.79 Å². The molecule has 2 nitrogen and oxygen atoms in total. The Labute approximate surface area is 59.6 Å². The van der Waals surface area contributed by atoms with Crippen molar-refractivity contribution in [1.29, 1.82) is 0 Å². The number of carbonyl (C=O) groups is 1. The molecule has 0 aliphatic rings. The fourth-order valence-corrected chi connectivity index (χ4v) is 1.14. The molecule has 0 unspecified atom stereocenters. The van der Waals surface area contributed by atoms with Gasteiger partial charge in [-0.15, -0.1) is 0 Å². The Morgan fingerprint density at radius 1 is 1.78 bits per heavy atom. The maximum Gasteiger partial charge on any atom is 0.191 e. The second kappa shape index (κ2) is 4.82. The largest absolute Gasteiger partial charge is 0.393 e. The van der Waals surface area contributed by atoms with Crippen LogP contribution in [0.5, 0.6) is 0 Å². The van der Waals surface area contributed by atoms with Crippen LogP contribution < -0.4 is 0 Å². The summed E-state index contributed by atoms with van der Waals surface area (Å²) in [5.74, 6) is 0.797. The SMILES string of the molecule is CCSC(=O)C[C@@H](C)O. The van der Waals surface area contributed by atoms with Gasteiger partial charge in [-0.25, -0.2) is 0 Å². The Bertz CT molecular complexity index is 91.1. The molecule has 0 rings (SSSR count). The number of aliphatic hydroxyl groups is 1. The van der Waals surface area contributed by atoms with Gasteiger partial charge in [0, 0.05) is 6.42 Å². The Morgan fingerprint density at radius 3 is 2.67 bits per heavy atom. The van der Waals surface area contributed by atoms with Gasteiger partial charge in [0.15, 0.2) is 5.12 Å². The van der Waals surface area contributed by atoms with Gasteiger partial charge in [0.1, 0.15) is 0 Å². The molecular formula is C6H12O2S. The lowest BCUT2D eigenvalue weighted by molar-refractivity contribution is -0.112. The predicted molar refractivity (Wildman–Crippen MR) is 39.4 cm³/mol. The molecule has 0 fully saturated rings. The van der Waals surface area contributed by atoms with E-state index in [0.29, 0.717) is 0 Å². The molecule has 0 saturated carbocycles. The maximum atomic E-state index is 10.7. The van der Waals surface area contributed by atoms with Gasteiger partial charge in [-0.05, 0) is 12.7 Å². The van der Waals surface area contributed by atoms with E-state index in [0.717, 1.165) is 5.75 Å². The summed E-state index contributed by atoms with van der Waals surface area (Å²) in [5.41, 5.74) is 0. The Hall–Kier alpha value is -0.0200. The molecule has 54 valence electrons.